The lowest BCUT2D eigenvalue weighted by Crippen LogP contribution is -2.42. The Hall–Kier alpha value is -2.86. The summed E-state index contributed by atoms with van der Waals surface area (Å²) in [5.74, 6) is 1.39. The summed E-state index contributed by atoms with van der Waals surface area (Å²) in [6, 6.07) is 12.4. The van der Waals surface area contributed by atoms with Gasteiger partial charge in [-0.3, -0.25) is 4.79 Å². The van der Waals surface area contributed by atoms with E-state index in [1.54, 1.807) is 18.5 Å². The molecule has 0 spiro atoms. The third-order valence-corrected chi connectivity index (χ3v) is 5.27. The second-order valence-electron chi connectivity index (χ2n) is 6.95. The molecule has 2 aromatic heterocycles. The Kier molecular flexibility index (Phi) is 3.64. The lowest BCUT2D eigenvalue weighted by atomic mass is 9.95. The van der Waals surface area contributed by atoms with E-state index in [1.165, 1.54) is 6.42 Å². The minimum absolute atomic E-state index is 0.153. The maximum absolute atomic E-state index is 12.5. The molecule has 26 heavy (non-hydrogen) atoms. The molecule has 2 aliphatic heterocycles. The number of hydrogen-bond acceptors (Lipinski definition) is 5. The Labute approximate surface area is 150 Å². The van der Waals surface area contributed by atoms with Crippen LogP contribution in [0.5, 0.6) is 0 Å². The molecule has 2 fully saturated rings. The van der Waals surface area contributed by atoms with Crippen LogP contribution >= 0.6 is 0 Å². The largest absolute Gasteiger partial charge is 0.451 e. The highest BCUT2D eigenvalue weighted by molar-refractivity contribution is 5.92. The molecular formula is C20H19N3O3. The molecule has 4 heterocycles. The molecule has 6 nitrogen and oxygen atoms in total. The number of benzene rings is 1. The highest BCUT2D eigenvalue weighted by Gasteiger charge is 2.39. The number of nitrogens with one attached hydrogen (secondary N) is 2. The molecule has 1 amide bonds. The average Bonchev–Trinajstić information content (AvgIpc) is 3.46. The maximum Gasteiger partial charge on any atom is 0.287 e. The Morgan fingerprint density at radius 2 is 2.12 bits per heavy atom. The fourth-order valence-corrected chi connectivity index (χ4v) is 4.01. The minimum Gasteiger partial charge on any atom is -0.451 e. The Morgan fingerprint density at radius 1 is 1.19 bits per heavy atom. The van der Waals surface area contributed by atoms with Gasteiger partial charge in [-0.1, -0.05) is 12.1 Å². The van der Waals surface area contributed by atoms with Crippen molar-refractivity contribution in [1.29, 1.82) is 0 Å². The van der Waals surface area contributed by atoms with Crippen molar-refractivity contribution in [1.82, 2.24) is 15.6 Å². The smallest absolute Gasteiger partial charge is 0.287 e. The third kappa shape index (κ3) is 2.72. The van der Waals surface area contributed by atoms with Gasteiger partial charge in [0.15, 0.2) is 5.76 Å². The maximum atomic E-state index is 12.5. The molecule has 3 aromatic rings. The Bertz CT molecular complexity index is 931. The molecule has 2 N–H and O–H groups in total. The molecule has 132 valence electrons. The number of aromatic nitrogens is 1. The van der Waals surface area contributed by atoms with E-state index in [-0.39, 0.29) is 11.9 Å². The van der Waals surface area contributed by atoms with Gasteiger partial charge in [-0.2, -0.15) is 0 Å². The van der Waals surface area contributed by atoms with Crippen LogP contribution in [0.25, 0.3) is 22.8 Å². The van der Waals surface area contributed by atoms with Crippen LogP contribution in [0.4, 0.5) is 0 Å². The predicted molar refractivity (Wildman–Crippen MR) is 95.5 cm³/mol. The summed E-state index contributed by atoms with van der Waals surface area (Å²) in [5.41, 5.74) is 1.74. The first-order valence-corrected chi connectivity index (χ1v) is 8.93. The van der Waals surface area contributed by atoms with E-state index >= 15 is 0 Å². The fourth-order valence-electron chi connectivity index (χ4n) is 4.01. The highest BCUT2D eigenvalue weighted by Crippen LogP contribution is 2.29. The normalized spacial score (nSPS) is 24.1. The predicted octanol–water partition coefficient (Wildman–Crippen LogP) is 3.22. The molecule has 3 atom stereocenters. The first-order chi connectivity index (χ1) is 12.8. The van der Waals surface area contributed by atoms with Crippen LogP contribution in [0.1, 0.15) is 29.8 Å². The number of nitrogens with zero attached hydrogens (tertiary/aromatic N) is 1. The number of furan rings is 1. The summed E-state index contributed by atoms with van der Waals surface area (Å²) in [6.07, 6.45) is 6.50. The summed E-state index contributed by atoms with van der Waals surface area (Å²) in [7, 11) is 0. The lowest BCUT2D eigenvalue weighted by Gasteiger charge is -2.20. The van der Waals surface area contributed by atoms with Crippen molar-refractivity contribution in [3.8, 4) is 22.8 Å². The number of amides is 1. The second kappa shape index (κ2) is 6.14. The molecule has 2 saturated heterocycles. The van der Waals surface area contributed by atoms with E-state index in [9.17, 15) is 4.79 Å². The number of carbonyl (C=O) groups is 1. The fraction of sp³-hybridized carbons (Fsp3) is 0.300. The molecule has 1 aromatic carbocycles. The zero-order chi connectivity index (χ0) is 17.5. The zero-order valence-electron chi connectivity index (χ0n) is 14.1. The highest BCUT2D eigenvalue weighted by atomic mass is 16.4. The molecule has 0 radical (unpaired) electrons. The number of carbonyl (C=O) groups excluding carboxylic acids is 1. The standard InChI is InChI=1S/C20H19N3O3/c24-19(23-16-11-14-4-5-15(16)22-14)18-7-6-17(26-18)12-2-1-3-13(10-12)20-21-8-9-25-20/h1-3,6-10,14-16,22H,4-5,11H2,(H,23,24)/t14-,15+,16-/m1/s1. The summed E-state index contributed by atoms with van der Waals surface area (Å²) in [4.78, 5) is 16.7. The molecule has 2 bridgehead atoms. The van der Waals surface area contributed by atoms with Gasteiger partial charge in [-0.15, -0.1) is 0 Å². The van der Waals surface area contributed by atoms with E-state index in [0.29, 0.717) is 29.5 Å². The van der Waals surface area contributed by atoms with Crippen molar-refractivity contribution in [2.45, 2.75) is 37.4 Å². The topological polar surface area (TPSA) is 80.3 Å². The number of oxazole rings is 1. The third-order valence-electron chi connectivity index (χ3n) is 5.27. The molecule has 0 aliphatic carbocycles. The first kappa shape index (κ1) is 15.4. The van der Waals surface area contributed by atoms with Crippen molar-refractivity contribution < 1.29 is 13.6 Å². The van der Waals surface area contributed by atoms with Crippen molar-refractivity contribution in [3.05, 3.63) is 54.6 Å². The van der Waals surface area contributed by atoms with Crippen LogP contribution in [0, 0.1) is 0 Å². The SMILES string of the molecule is O=C(N[C@@H]1C[C@H]2CC[C@@H]1N2)c1ccc(-c2cccc(-c3ncco3)c2)o1. The zero-order valence-corrected chi connectivity index (χ0v) is 14.1. The van der Waals surface area contributed by atoms with Crippen LogP contribution in [-0.4, -0.2) is 29.0 Å². The van der Waals surface area contributed by atoms with Gasteiger partial charge in [-0.25, -0.2) is 4.98 Å². The van der Waals surface area contributed by atoms with E-state index in [4.69, 9.17) is 8.83 Å². The minimum atomic E-state index is -0.153. The van der Waals surface area contributed by atoms with E-state index in [1.807, 2.05) is 30.3 Å². The van der Waals surface area contributed by atoms with Crippen LogP contribution in [-0.2, 0) is 0 Å². The Balaban J connectivity index is 1.34. The van der Waals surface area contributed by atoms with Gasteiger partial charge < -0.3 is 19.5 Å². The van der Waals surface area contributed by atoms with Crippen LogP contribution in [0.15, 0.2) is 57.7 Å². The molecular weight excluding hydrogens is 330 g/mol. The number of hydrogen-bond donors (Lipinski definition) is 2. The van der Waals surface area contributed by atoms with Gasteiger partial charge in [0.1, 0.15) is 12.0 Å². The lowest BCUT2D eigenvalue weighted by molar-refractivity contribution is 0.0903. The molecule has 0 saturated carbocycles. The summed E-state index contributed by atoms with van der Waals surface area (Å²) in [5, 5.41) is 6.63. The van der Waals surface area contributed by atoms with Gasteiger partial charge in [0.05, 0.1) is 6.20 Å². The van der Waals surface area contributed by atoms with Crippen molar-refractivity contribution in [3.63, 3.8) is 0 Å². The summed E-state index contributed by atoms with van der Waals surface area (Å²) in [6.45, 7) is 0. The average molecular weight is 349 g/mol. The van der Waals surface area contributed by atoms with Crippen molar-refractivity contribution in [2.24, 2.45) is 0 Å². The molecule has 2 aliphatic rings. The van der Waals surface area contributed by atoms with Gasteiger partial charge in [0.2, 0.25) is 5.89 Å². The quantitative estimate of drug-likeness (QED) is 0.756. The number of rotatable bonds is 4. The second-order valence-corrected chi connectivity index (χ2v) is 6.95. The van der Waals surface area contributed by atoms with Gasteiger partial charge in [0.25, 0.3) is 5.91 Å². The van der Waals surface area contributed by atoms with E-state index in [0.717, 1.165) is 24.0 Å². The van der Waals surface area contributed by atoms with E-state index < -0.39 is 0 Å². The molecule has 6 heteroatoms. The van der Waals surface area contributed by atoms with Crippen LogP contribution in [0.2, 0.25) is 0 Å². The van der Waals surface area contributed by atoms with E-state index in [2.05, 4.69) is 15.6 Å². The van der Waals surface area contributed by atoms with Crippen LogP contribution < -0.4 is 10.6 Å². The summed E-state index contributed by atoms with van der Waals surface area (Å²) >= 11 is 0. The molecule has 0 unspecified atom stereocenters. The first-order valence-electron chi connectivity index (χ1n) is 8.93. The number of fused-ring (bicyclic) bond motifs is 2. The molecule has 5 rings (SSSR count). The van der Waals surface area contributed by atoms with Gasteiger partial charge in [0, 0.05) is 29.3 Å². The van der Waals surface area contributed by atoms with Crippen molar-refractivity contribution in [2.75, 3.05) is 0 Å². The van der Waals surface area contributed by atoms with Gasteiger partial charge >= 0.3 is 0 Å². The van der Waals surface area contributed by atoms with Crippen molar-refractivity contribution >= 4 is 5.91 Å². The van der Waals surface area contributed by atoms with Crippen LogP contribution in [0.3, 0.4) is 0 Å². The Morgan fingerprint density at radius 3 is 2.88 bits per heavy atom. The summed E-state index contributed by atoms with van der Waals surface area (Å²) < 4.78 is 11.2. The monoisotopic (exact) mass is 349 g/mol. The van der Waals surface area contributed by atoms with Gasteiger partial charge in [-0.05, 0) is 43.5 Å².